The Morgan fingerprint density at radius 2 is 1.67 bits per heavy atom. The Kier molecular flexibility index (Phi) is 2.80. The van der Waals surface area contributed by atoms with Crippen LogP contribution in [0, 0.1) is 0 Å². The normalized spacial score (nSPS) is 20.2. The monoisotopic (exact) mass is 253 g/mol. The van der Waals surface area contributed by atoms with Crippen LogP contribution in [0.4, 0.5) is 5.69 Å². The molecule has 0 saturated heterocycles. The lowest BCUT2D eigenvalue weighted by atomic mass is 10.2. The average molecular weight is 253 g/mol. The fraction of sp³-hybridized carbons (Fsp3) is 0.0625. The third-order valence-electron chi connectivity index (χ3n) is 3.16. The lowest BCUT2D eigenvalue weighted by Crippen LogP contribution is -2.09. The van der Waals surface area contributed by atoms with Gasteiger partial charge in [-0.05, 0) is 23.8 Å². The Morgan fingerprint density at radius 3 is 2.39 bits per heavy atom. The van der Waals surface area contributed by atoms with E-state index in [1.165, 1.54) is 21.2 Å². The van der Waals surface area contributed by atoms with Crippen molar-refractivity contribution < 1.29 is 0 Å². The highest BCUT2D eigenvalue weighted by Crippen LogP contribution is 2.49. The Balaban J connectivity index is 2.07. The molecule has 90 valence electrons. The Bertz CT molecular complexity index is 629. The van der Waals surface area contributed by atoms with E-state index in [9.17, 15) is 0 Å². The number of hydrogen-bond acceptors (Lipinski definition) is 1. The molecule has 1 nitrogen and oxygen atoms in total. The summed E-state index contributed by atoms with van der Waals surface area (Å²) >= 11 is 0. The van der Waals surface area contributed by atoms with E-state index in [-0.39, 0.29) is 10.5 Å². The lowest BCUT2D eigenvalue weighted by Gasteiger charge is -2.14. The quantitative estimate of drug-likeness (QED) is 0.689. The number of para-hydroxylation sites is 1. The van der Waals surface area contributed by atoms with E-state index in [0.717, 1.165) is 0 Å². The van der Waals surface area contributed by atoms with Crippen molar-refractivity contribution in [2.75, 3.05) is 11.9 Å². The van der Waals surface area contributed by atoms with E-state index in [2.05, 4.69) is 72.4 Å². The van der Waals surface area contributed by atoms with Gasteiger partial charge in [0, 0.05) is 11.9 Å². The summed E-state index contributed by atoms with van der Waals surface area (Å²) in [7, 11) is 2.04. The van der Waals surface area contributed by atoms with Crippen molar-refractivity contribution in [1.82, 2.24) is 0 Å². The summed E-state index contributed by atoms with van der Waals surface area (Å²) < 4.78 is 0. The molecule has 0 aliphatic carbocycles. The molecule has 1 aliphatic heterocycles. The minimum absolute atomic E-state index is 0.0791. The number of rotatable bonds is 1. The van der Waals surface area contributed by atoms with E-state index in [0.29, 0.717) is 0 Å². The fourth-order valence-corrected chi connectivity index (χ4v) is 3.83. The molecule has 3 rings (SSSR count). The van der Waals surface area contributed by atoms with Gasteiger partial charge in [-0.25, -0.2) is 0 Å². The maximum Gasteiger partial charge on any atom is 0.0740 e. The van der Waals surface area contributed by atoms with Crippen molar-refractivity contribution in [3.8, 4) is 0 Å². The number of nitrogens with zero attached hydrogens (tertiary/aromatic N) is 1. The second-order valence-electron chi connectivity index (χ2n) is 4.31. The van der Waals surface area contributed by atoms with Gasteiger partial charge in [0.25, 0.3) is 0 Å². The molecule has 0 N–H and O–H groups in total. The highest BCUT2D eigenvalue weighted by atomic mass is 32.2. The fourth-order valence-electron chi connectivity index (χ4n) is 2.20. The summed E-state index contributed by atoms with van der Waals surface area (Å²) in [6, 6.07) is 18.9. The minimum atomic E-state index is -0.0791. The largest absolute Gasteiger partial charge is 0.339 e. The SMILES string of the molecule is C=S1C(=Cc2ccccc2)N(C)c2ccccc21. The van der Waals surface area contributed by atoms with Crippen molar-refractivity contribution in [2.24, 2.45) is 0 Å². The van der Waals surface area contributed by atoms with Crippen LogP contribution in [0.15, 0.2) is 64.5 Å². The van der Waals surface area contributed by atoms with Crippen molar-refractivity contribution in [1.29, 1.82) is 0 Å². The molecule has 1 aliphatic rings. The Hall–Kier alpha value is -1.80. The van der Waals surface area contributed by atoms with Crippen LogP contribution in [-0.4, -0.2) is 12.9 Å². The smallest absolute Gasteiger partial charge is 0.0740 e. The molecule has 0 bridgehead atoms. The zero-order chi connectivity index (χ0) is 12.5. The van der Waals surface area contributed by atoms with Crippen LogP contribution in [0.1, 0.15) is 5.56 Å². The van der Waals surface area contributed by atoms with E-state index in [1.54, 1.807) is 0 Å². The highest BCUT2D eigenvalue weighted by molar-refractivity contribution is 8.18. The van der Waals surface area contributed by atoms with E-state index in [4.69, 9.17) is 0 Å². The first kappa shape index (κ1) is 11.3. The molecule has 0 amide bonds. The molecular weight excluding hydrogens is 238 g/mol. The van der Waals surface area contributed by atoms with Crippen LogP contribution in [0.2, 0.25) is 0 Å². The first-order valence-corrected chi connectivity index (χ1v) is 7.30. The third kappa shape index (κ3) is 1.79. The standard InChI is InChI=1S/C16H15NS/c1-17-14-10-6-7-11-15(14)18(2)16(17)12-13-8-4-3-5-9-13/h3-12H,2H2,1H3. The Morgan fingerprint density at radius 1 is 1.00 bits per heavy atom. The number of fused-ring (bicyclic) bond motifs is 1. The number of hydrogen-bond donors (Lipinski definition) is 0. The van der Waals surface area contributed by atoms with Crippen molar-refractivity contribution in [3.63, 3.8) is 0 Å². The molecule has 1 atom stereocenters. The van der Waals surface area contributed by atoms with Gasteiger partial charge in [-0.1, -0.05) is 48.3 Å². The highest BCUT2D eigenvalue weighted by Gasteiger charge is 2.23. The molecular formula is C16H15NS. The van der Waals surface area contributed by atoms with Crippen LogP contribution in [0.3, 0.4) is 0 Å². The molecule has 1 unspecified atom stereocenters. The van der Waals surface area contributed by atoms with E-state index in [1.807, 2.05) is 6.07 Å². The van der Waals surface area contributed by atoms with Crippen LogP contribution in [-0.2, 0) is 0 Å². The number of anilines is 1. The van der Waals surface area contributed by atoms with Crippen LogP contribution in [0.25, 0.3) is 6.08 Å². The summed E-state index contributed by atoms with van der Waals surface area (Å²) in [6.45, 7) is 0. The molecule has 0 radical (unpaired) electrons. The third-order valence-corrected chi connectivity index (χ3v) is 4.94. The average Bonchev–Trinajstić information content (AvgIpc) is 2.66. The first-order valence-electron chi connectivity index (χ1n) is 5.91. The van der Waals surface area contributed by atoms with Gasteiger partial charge in [-0.15, -0.1) is 10.5 Å². The predicted octanol–water partition coefficient (Wildman–Crippen LogP) is 4.19. The van der Waals surface area contributed by atoms with Gasteiger partial charge < -0.3 is 4.90 Å². The maximum atomic E-state index is 4.32. The summed E-state index contributed by atoms with van der Waals surface area (Å²) in [4.78, 5) is 3.58. The predicted molar refractivity (Wildman–Crippen MR) is 82.2 cm³/mol. The first-order chi connectivity index (χ1) is 8.77. The molecule has 2 aromatic carbocycles. The van der Waals surface area contributed by atoms with Gasteiger partial charge in [-0.2, -0.15) is 0 Å². The zero-order valence-corrected chi connectivity index (χ0v) is 11.2. The zero-order valence-electron chi connectivity index (χ0n) is 10.3. The second-order valence-corrected chi connectivity index (χ2v) is 5.95. The summed E-state index contributed by atoms with van der Waals surface area (Å²) in [5.74, 6) is 4.32. The second kappa shape index (κ2) is 4.46. The summed E-state index contributed by atoms with van der Waals surface area (Å²) in [6.07, 6.45) is 2.23. The van der Waals surface area contributed by atoms with Crippen molar-refractivity contribution in [3.05, 3.63) is 65.2 Å². The van der Waals surface area contributed by atoms with Crippen LogP contribution >= 0.6 is 10.5 Å². The summed E-state index contributed by atoms with van der Waals surface area (Å²) in [5.41, 5.74) is 2.51. The van der Waals surface area contributed by atoms with Gasteiger partial charge in [-0.3, -0.25) is 0 Å². The van der Waals surface area contributed by atoms with Gasteiger partial charge in [0.15, 0.2) is 0 Å². The van der Waals surface area contributed by atoms with E-state index < -0.39 is 0 Å². The molecule has 2 aromatic rings. The van der Waals surface area contributed by atoms with Crippen LogP contribution < -0.4 is 4.90 Å². The topological polar surface area (TPSA) is 3.24 Å². The van der Waals surface area contributed by atoms with Gasteiger partial charge in [0.2, 0.25) is 0 Å². The number of benzene rings is 2. The minimum Gasteiger partial charge on any atom is -0.339 e. The Labute approximate surface area is 110 Å². The summed E-state index contributed by atoms with van der Waals surface area (Å²) in [5, 5.41) is 1.28. The molecule has 1 heterocycles. The van der Waals surface area contributed by atoms with E-state index >= 15 is 0 Å². The van der Waals surface area contributed by atoms with Gasteiger partial charge in [0.05, 0.1) is 10.7 Å². The van der Waals surface area contributed by atoms with Gasteiger partial charge >= 0.3 is 0 Å². The molecule has 18 heavy (non-hydrogen) atoms. The lowest BCUT2D eigenvalue weighted by molar-refractivity contribution is 1.18. The molecule has 0 aromatic heterocycles. The van der Waals surface area contributed by atoms with Gasteiger partial charge in [0.1, 0.15) is 0 Å². The molecule has 0 fully saturated rings. The van der Waals surface area contributed by atoms with Crippen molar-refractivity contribution >= 4 is 28.1 Å². The molecule has 2 heteroatoms. The molecule has 0 spiro atoms. The van der Waals surface area contributed by atoms with Crippen molar-refractivity contribution in [2.45, 2.75) is 4.90 Å². The molecule has 0 saturated carbocycles. The van der Waals surface area contributed by atoms with Crippen LogP contribution in [0.5, 0.6) is 0 Å². The maximum absolute atomic E-state index is 4.32.